The number of benzene rings is 1. The number of hydrogen-bond donors (Lipinski definition) is 0. The van der Waals surface area contributed by atoms with Crippen LogP contribution in [0.2, 0.25) is 0 Å². The highest BCUT2D eigenvalue weighted by Crippen LogP contribution is 2.23. The average Bonchev–Trinajstić information content (AvgIpc) is 3.02. The highest BCUT2D eigenvalue weighted by Gasteiger charge is 2.18. The van der Waals surface area contributed by atoms with Crippen LogP contribution >= 0.6 is 11.3 Å². The maximum Gasteiger partial charge on any atom is 0.140 e. The third-order valence-corrected chi connectivity index (χ3v) is 5.19. The number of aromatic nitrogens is 1. The molecule has 1 saturated carbocycles. The van der Waals surface area contributed by atoms with E-state index in [4.69, 9.17) is 9.72 Å². The minimum Gasteiger partial charge on any atom is -0.486 e. The van der Waals surface area contributed by atoms with Crippen molar-refractivity contribution < 1.29 is 4.74 Å². The first-order valence-electron chi connectivity index (χ1n) is 8.12. The van der Waals surface area contributed by atoms with Gasteiger partial charge in [0.15, 0.2) is 0 Å². The van der Waals surface area contributed by atoms with Gasteiger partial charge in [-0.1, -0.05) is 37.5 Å². The molecule has 1 aromatic carbocycles. The molecular weight excluding hydrogens is 292 g/mol. The van der Waals surface area contributed by atoms with E-state index in [0.717, 1.165) is 23.3 Å². The molecular formula is C18H24N2OS. The fourth-order valence-corrected chi connectivity index (χ4v) is 3.75. The lowest BCUT2D eigenvalue weighted by Crippen LogP contribution is -2.32. The smallest absolute Gasteiger partial charge is 0.140 e. The molecule has 118 valence electrons. The summed E-state index contributed by atoms with van der Waals surface area (Å²) in [7, 11) is 2.23. The van der Waals surface area contributed by atoms with Crippen LogP contribution in [0.1, 0.15) is 42.8 Å². The van der Waals surface area contributed by atoms with Crippen LogP contribution in [0.5, 0.6) is 5.75 Å². The van der Waals surface area contributed by atoms with Gasteiger partial charge in [-0.3, -0.25) is 4.90 Å². The maximum atomic E-state index is 5.76. The van der Waals surface area contributed by atoms with Crippen LogP contribution < -0.4 is 4.74 Å². The van der Waals surface area contributed by atoms with Crippen molar-refractivity contribution in [1.82, 2.24) is 9.88 Å². The van der Waals surface area contributed by atoms with E-state index in [0.29, 0.717) is 6.61 Å². The number of nitrogens with zero attached hydrogens (tertiary/aromatic N) is 2. The Morgan fingerprint density at radius 1 is 1.18 bits per heavy atom. The van der Waals surface area contributed by atoms with Crippen LogP contribution in [0.25, 0.3) is 0 Å². The molecule has 0 unspecified atom stereocenters. The first-order chi connectivity index (χ1) is 10.8. The molecule has 3 nitrogen and oxygen atoms in total. The van der Waals surface area contributed by atoms with E-state index in [9.17, 15) is 0 Å². The molecule has 0 bridgehead atoms. The lowest BCUT2D eigenvalue weighted by molar-refractivity contribution is 0.183. The van der Waals surface area contributed by atoms with E-state index >= 15 is 0 Å². The molecule has 0 spiro atoms. The molecule has 0 aliphatic heterocycles. The SMILES string of the molecule is CN(Cc1csc(COc2ccccc2)n1)C1CCCCC1. The second-order valence-corrected chi connectivity index (χ2v) is 6.98. The van der Waals surface area contributed by atoms with Crippen molar-refractivity contribution in [2.45, 2.75) is 51.3 Å². The van der Waals surface area contributed by atoms with Crippen molar-refractivity contribution in [3.05, 3.63) is 46.4 Å². The Labute approximate surface area is 137 Å². The Hall–Kier alpha value is -1.39. The number of para-hydroxylation sites is 1. The summed E-state index contributed by atoms with van der Waals surface area (Å²) in [5.74, 6) is 0.901. The predicted molar refractivity (Wildman–Crippen MR) is 91.2 cm³/mol. The molecule has 4 heteroatoms. The van der Waals surface area contributed by atoms with Crippen molar-refractivity contribution >= 4 is 11.3 Å². The third-order valence-electron chi connectivity index (χ3n) is 4.31. The average molecular weight is 316 g/mol. The van der Waals surface area contributed by atoms with Gasteiger partial charge in [0.2, 0.25) is 0 Å². The van der Waals surface area contributed by atoms with Gasteiger partial charge in [-0.25, -0.2) is 4.98 Å². The molecule has 0 amide bonds. The van der Waals surface area contributed by atoms with E-state index in [2.05, 4.69) is 17.3 Å². The first-order valence-corrected chi connectivity index (χ1v) is 9.00. The lowest BCUT2D eigenvalue weighted by Gasteiger charge is -2.30. The largest absolute Gasteiger partial charge is 0.486 e. The number of rotatable bonds is 6. The minimum atomic E-state index is 0.557. The highest BCUT2D eigenvalue weighted by atomic mass is 32.1. The van der Waals surface area contributed by atoms with Gasteiger partial charge in [0.25, 0.3) is 0 Å². The number of ether oxygens (including phenoxy) is 1. The number of thiazole rings is 1. The summed E-state index contributed by atoms with van der Waals surface area (Å²) in [6, 6.07) is 10.7. The normalized spacial score (nSPS) is 16.1. The molecule has 0 radical (unpaired) electrons. The van der Waals surface area contributed by atoms with Crippen LogP contribution in [-0.4, -0.2) is 23.0 Å². The van der Waals surface area contributed by atoms with Gasteiger partial charge in [0.1, 0.15) is 17.4 Å². The quantitative estimate of drug-likeness (QED) is 0.785. The van der Waals surface area contributed by atoms with Crippen LogP contribution in [0.3, 0.4) is 0 Å². The van der Waals surface area contributed by atoms with Crippen molar-refractivity contribution in [2.75, 3.05) is 7.05 Å². The summed E-state index contributed by atoms with van der Waals surface area (Å²) >= 11 is 1.69. The lowest BCUT2D eigenvalue weighted by atomic mass is 9.94. The molecule has 2 aromatic rings. The van der Waals surface area contributed by atoms with Crippen molar-refractivity contribution in [3.8, 4) is 5.75 Å². The topological polar surface area (TPSA) is 25.4 Å². The Kier molecular flexibility index (Phi) is 5.46. The monoisotopic (exact) mass is 316 g/mol. The standard InChI is InChI=1S/C18H24N2OS/c1-20(16-8-4-2-5-9-16)12-15-14-22-18(19-15)13-21-17-10-6-3-7-11-17/h3,6-7,10-11,14,16H,2,4-5,8-9,12-13H2,1H3. The highest BCUT2D eigenvalue weighted by molar-refractivity contribution is 7.09. The van der Waals surface area contributed by atoms with Crippen molar-refractivity contribution in [3.63, 3.8) is 0 Å². The Bertz CT molecular complexity index is 563. The summed E-state index contributed by atoms with van der Waals surface area (Å²) in [4.78, 5) is 7.18. The molecule has 1 aliphatic carbocycles. The fraction of sp³-hybridized carbons (Fsp3) is 0.500. The summed E-state index contributed by atoms with van der Waals surface area (Å²) in [6.07, 6.45) is 6.84. The zero-order chi connectivity index (χ0) is 15.2. The molecule has 1 aromatic heterocycles. The van der Waals surface area contributed by atoms with Gasteiger partial charge in [-0.15, -0.1) is 11.3 Å². The van der Waals surface area contributed by atoms with Gasteiger partial charge in [0.05, 0.1) is 5.69 Å². The van der Waals surface area contributed by atoms with Gasteiger partial charge >= 0.3 is 0 Å². The summed E-state index contributed by atoms with van der Waals surface area (Å²) < 4.78 is 5.76. The van der Waals surface area contributed by atoms with Gasteiger partial charge in [-0.05, 0) is 32.0 Å². The maximum absolute atomic E-state index is 5.76. The molecule has 1 heterocycles. The van der Waals surface area contributed by atoms with E-state index in [1.54, 1.807) is 11.3 Å². The Morgan fingerprint density at radius 3 is 2.73 bits per heavy atom. The van der Waals surface area contributed by atoms with Gasteiger partial charge in [-0.2, -0.15) is 0 Å². The predicted octanol–water partition coefficient (Wildman–Crippen LogP) is 4.49. The molecule has 1 aliphatic rings. The van der Waals surface area contributed by atoms with Crippen LogP contribution in [0, 0.1) is 0 Å². The zero-order valence-electron chi connectivity index (χ0n) is 13.2. The summed E-state index contributed by atoms with van der Waals surface area (Å²) in [6.45, 7) is 1.51. The molecule has 3 rings (SSSR count). The van der Waals surface area contributed by atoms with Crippen LogP contribution in [-0.2, 0) is 13.2 Å². The molecule has 0 saturated heterocycles. The molecule has 0 N–H and O–H groups in total. The number of hydrogen-bond acceptors (Lipinski definition) is 4. The Balaban J connectivity index is 1.50. The van der Waals surface area contributed by atoms with Crippen molar-refractivity contribution in [1.29, 1.82) is 0 Å². The zero-order valence-corrected chi connectivity index (χ0v) is 14.0. The van der Waals surface area contributed by atoms with Gasteiger partial charge < -0.3 is 4.74 Å². The van der Waals surface area contributed by atoms with E-state index in [-0.39, 0.29) is 0 Å². The first kappa shape index (κ1) is 15.5. The minimum absolute atomic E-state index is 0.557. The Morgan fingerprint density at radius 2 is 1.95 bits per heavy atom. The van der Waals surface area contributed by atoms with E-state index in [1.165, 1.54) is 37.8 Å². The molecule has 22 heavy (non-hydrogen) atoms. The summed E-state index contributed by atoms with van der Waals surface area (Å²) in [5.41, 5.74) is 1.17. The second-order valence-electron chi connectivity index (χ2n) is 6.04. The summed E-state index contributed by atoms with van der Waals surface area (Å²) in [5, 5.41) is 3.22. The van der Waals surface area contributed by atoms with E-state index < -0.39 is 0 Å². The fourth-order valence-electron chi connectivity index (χ4n) is 3.06. The third kappa shape index (κ3) is 4.31. The molecule has 0 atom stereocenters. The van der Waals surface area contributed by atoms with Crippen LogP contribution in [0.15, 0.2) is 35.7 Å². The van der Waals surface area contributed by atoms with Gasteiger partial charge in [0, 0.05) is 18.0 Å². The van der Waals surface area contributed by atoms with Crippen LogP contribution in [0.4, 0.5) is 0 Å². The van der Waals surface area contributed by atoms with Crippen molar-refractivity contribution in [2.24, 2.45) is 0 Å². The molecule has 1 fully saturated rings. The second kappa shape index (κ2) is 7.75. The van der Waals surface area contributed by atoms with E-state index in [1.807, 2.05) is 30.3 Å².